The van der Waals surface area contributed by atoms with Crippen LogP contribution in [0.15, 0.2) is 30.3 Å². The minimum atomic E-state index is -1.08. The molecular formula is C15H17ClN2O4. The Balaban J connectivity index is 2.50. The van der Waals surface area contributed by atoms with Crippen LogP contribution in [0, 0.1) is 0 Å². The summed E-state index contributed by atoms with van der Waals surface area (Å²) in [7, 11) is 0. The Labute approximate surface area is 133 Å². The van der Waals surface area contributed by atoms with E-state index in [4.69, 9.17) is 16.3 Å². The molecule has 0 radical (unpaired) electrons. The van der Waals surface area contributed by atoms with E-state index in [0.29, 0.717) is 11.6 Å². The third-order valence-electron chi connectivity index (χ3n) is 2.50. The second kappa shape index (κ2) is 8.84. The molecule has 1 rings (SSSR count). The van der Waals surface area contributed by atoms with Crippen LogP contribution in [0.2, 0.25) is 5.02 Å². The standard InChI is InChI=1S/C15H17ClN2O4/c1-3-17-15(21)18-14(20)10(2)22-13(19)8-7-11-5-4-6-12(16)9-11/h4-10H,3H2,1-2H3,(H2,17,18,20,21)/b8-7+/t10-/m1/s1. The summed E-state index contributed by atoms with van der Waals surface area (Å²) in [6.07, 6.45) is 1.61. The number of amides is 3. The van der Waals surface area contributed by atoms with Crippen molar-refractivity contribution in [1.29, 1.82) is 0 Å². The van der Waals surface area contributed by atoms with Crippen molar-refractivity contribution in [3.05, 3.63) is 40.9 Å². The predicted octanol–water partition coefficient (Wildman–Crippen LogP) is 2.13. The van der Waals surface area contributed by atoms with Gasteiger partial charge in [0.15, 0.2) is 6.10 Å². The monoisotopic (exact) mass is 324 g/mol. The number of carbonyl (C=O) groups is 3. The van der Waals surface area contributed by atoms with E-state index in [1.54, 1.807) is 31.2 Å². The number of ether oxygens (including phenoxy) is 1. The Hall–Kier alpha value is -2.34. The molecule has 1 aromatic carbocycles. The fraction of sp³-hybridized carbons (Fsp3) is 0.267. The van der Waals surface area contributed by atoms with E-state index in [2.05, 4.69) is 10.6 Å². The molecule has 1 aromatic rings. The maximum Gasteiger partial charge on any atom is 0.331 e. The zero-order valence-corrected chi connectivity index (χ0v) is 13.0. The lowest BCUT2D eigenvalue weighted by Crippen LogP contribution is -2.44. The number of benzene rings is 1. The Morgan fingerprint density at radius 3 is 2.73 bits per heavy atom. The molecule has 0 heterocycles. The Morgan fingerprint density at radius 1 is 1.36 bits per heavy atom. The number of hydrogen-bond acceptors (Lipinski definition) is 4. The minimum Gasteiger partial charge on any atom is -0.449 e. The van der Waals surface area contributed by atoms with Crippen molar-refractivity contribution in [3.8, 4) is 0 Å². The highest BCUT2D eigenvalue weighted by molar-refractivity contribution is 6.30. The van der Waals surface area contributed by atoms with Crippen molar-refractivity contribution in [2.75, 3.05) is 6.54 Å². The summed E-state index contributed by atoms with van der Waals surface area (Å²) >= 11 is 5.82. The number of hydrogen-bond donors (Lipinski definition) is 2. The van der Waals surface area contributed by atoms with E-state index in [-0.39, 0.29) is 0 Å². The van der Waals surface area contributed by atoms with Crippen molar-refractivity contribution in [2.45, 2.75) is 20.0 Å². The molecule has 22 heavy (non-hydrogen) atoms. The molecule has 0 spiro atoms. The number of imide groups is 1. The average molecular weight is 325 g/mol. The summed E-state index contributed by atoms with van der Waals surface area (Å²) in [6, 6.07) is 6.27. The second-order valence-electron chi connectivity index (χ2n) is 4.32. The van der Waals surface area contributed by atoms with E-state index in [9.17, 15) is 14.4 Å². The van der Waals surface area contributed by atoms with Gasteiger partial charge in [0, 0.05) is 17.6 Å². The lowest BCUT2D eigenvalue weighted by Gasteiger charge is -2.11. The molecule has 3 amide bonds. The lowest BCUT2D eigenvalue weighted by molar-refractivity contribution is -0.149. The first kappa shape index (κ1) is 17.7. The molecule has 0 bridgehead atoms. The van der Waals surface area contributed by atoms with Gasteiger partial charge in [-0.25, -0.2) is 9.59 Å². The van der Waals surface area contributed by atoms with E-state index >= 15 is 0 Å². The van der Waals surface area contributed by atoms with Crippen molar-refractivity contribution >= 4 is 35.6 Å². The van der Waals surface area contributed by atoms with Gasteiger partial charge in [-0.15, -0.1) is 0 Å². The van der Waals surface area contributed by atoms with Gasteiger partial charge in [0.2, 0.25) is 0 Å². The molecule has 0 saturated heterocycles. The maximum atomic E-state index is 11.6. The number of carbonyl (C=O) groups excluding carboxylic acids is 3. The van der Waals surface area contributed by atoms with Crippen LogP contribution in [0.4, 0.5) is 4.79 Å². The van der Waals surface area contributed by atoms with Crippen LogP contribution in [0.1, 0.15) is 19.4 Å². The molecule has 0 aliphatic heterocycles. The topological polar surface area (TPSA) is 84.5 Å². The Bertz CT molecular complexity index is 587. The van der Waals surface area contributed by atoms with Gasteiger partial charge >= 0.3 is 12.0 Å². The lowest BCUT2D eigenvalue weighted by atomic mass is 10.2. The molecule has 1 atom stereocenters. The van der Waals surface area contributed by atoms with Gasteiger partial charge in [0.1, 0.15) is 0 Å². The van der Waals surface area contributed by atoms with Crippen LogP contribution in [-0.2, 0) is 14.3 Å². The van der Waals surface area contributed by atoms with Gasteiger partial charge in [0.25, 0.3) is 5.91 Å². The van der Waals surface area contributed by atoms with Crippen LogP contribution in [0.3, 0.4) is 0 Å². The number of nitrogens with one attached hydrogen (secondary N) is 2. The number of rotatable bonds is 5. The summed E-state index contributed by atoms with van der Waals surface area (Å²) in [5.41, 5.74) is 0.726. The van der Waals surface area contributed by atoms with E-state index < -0.39 is 24.0 Å². The molecule has 0 saturated carbocycles. The van der Waals surface area contributed by atoms with Gasteiger partial charge in [-0.05, 0) is 37.6 Å². The summed E-state index contributed by atoms with van der Waals surface area (Å²) in [5.74, 6) is -1.39. The summed E-state index contributed by atoms with van der Waals surface area (Å²) in [6.45, 7) is 3.48. The van der Waals surface area contributed by atoms with Crippen molar-refractivity contribution in [1.82, 2.24) is 10.6 Å². The highest BCUT2D eigenvalue weighted by Gasteiger charge is 2.18. The van der Waals surface area contributed by atoms with Gasteiger partial charge in [-0.3, -0.25) is 10.1 Å². The third-order valence-corrected chi connectivity index (χ3v) is 2.73. The van der Waals surface area contributed by atoms with E-state index in [1.165, 1.54) is 19.1 Å². The molecule has 2 N–H and O–H groups in total. The number of urea groups is 1. The van der Waals surface area contributed by atoms with Crippen LogP contribution in [-0.4, -0.2) is 30.6 Å². The van der Waals surface area contributed by atoms with Gasteiger partial charge in [0.05, 0.1) is 0 Å². The van der Waals surface area contributed by atoms with Crippen molar-refractivity contribution in [3.63, 3.8) is 0 Å². The molecule has 7 heteroatoms. The van der Waals surface area contributed by atoms with Crippen LogP contribution in [0.5, 0.6) is 0 Å². The second-order valence-corrected chi connectivity index (χ2v) is 4.75. The smallest absolute Gasteiger partial charge is 0.331 e. The Kier molecular flexibility index (Phi) is 7.12. The molecule has 0 fully saturated rings. The SMILES string of the molecule is CCNC(=O)NC(=O)[C@@H](C)OC(=O)/C=C/c1cccc(Cl)c1. The Morgan fingerprint density at radius 2 is 2.09 bits per heavy atom. The third kappa shape index (κ3) is 6.41. The van der Waals surface area contributed by atoms with E-state index in [1.807, 2.05) is 0 Å². The summed E-state index contributed by atoms with van der Waals surface area (Å²) in [4.78, 5) is 34.4. The quantitative estimate of drug-likeness (QED) is 0.642. The minimum absolute atomic E-state index is 0.385. The molecule has 0 aliphatic rings. The number of halogens is 1. The fourth-order valence-corrected chi connectivity index (χ4v) is 1.66. The first-order chi connectivity index (χ1) is 10.4. The fourth-order valence-electron chi connectivity index (χ4n) is 1.46. The molecule has 0 aliphatic carbocycles. The molecule has 6 nitrogen and oxygen atoms in total. The largest absolute Gasteiger partial charge is 0.449 e. The zero-order valence-electron chi connectivity index (χ0n) is 12.3. The average Bonchev–Trinajstić information content (AvgIpc) is 2.45. The first-order valence-corrected chi connectivity index (χ1v) is 7.03. The first-order valence-electron chi connectivity index (χ1n) is 6.65. The zero-order chi connectivity index (χ0) is 16.5. The molecule has 0 unspecified atom stereocenters. The van der Waals surface area contributed by atoms with Crippen molar-refractivity contribution in [2.24, 2.45) is 0 Å². The highest BCUT2D eigenvalue weighted by Crippen LogP contribution is 2.11. The van der Waals surface area contributed by atoms with Crippen molar-refractivity contribution < 1.29 is 19.1 Å². The van der Waals surface area contributed by atoms with Crippen LogP contribution >= 0.6 is 11.6 Å². The summed E-state index contributed by atoms with van der Waals surface area (Å²) in [5, 5.41) is 5.00. The van der Waals surface area contributed by atoms with Crippen LogP contribution < -0.4 is 10.6 Å². The van der Waals surface area contributed by atoms with Crippen LogP contribution in [0.25, 0.3) is 6.08 Å². The van der Waals surface area contributed by atoms with Gasteiger partial charge < -0.3 is 10.1 Å². The molecule has 118 valence electrons. The van der Waals surface area contributed by atoms with Gasteiger partial charge in [-0.2, -0.15) is 0 Å². The number of esters is 1. The highest BCUT2D eigenvalue weighted by atomic mass is 35.5. The normalized spacial score (nSPS) is 11.8. The van der Waals surface area contributed by atoms with E-state index in [0.717, 1.165) is 5.56 Å². The maximum absolute atomic E-state index is 11.6. The summed E-state index contributed by atoms with van der Waals surface area (Å²) < 4.78 is 4.89. The van der Waals surface area contributed by atoms with Gasteiger partial charge in [-0.1, -0.05) is 23.7 Å². The molecule has 0 aromatic heterocycles. The molecular weight excluding hydrogens is 308 g/mol. The predicted molar refractivity (Wildman–Crippen MR) is 83.3 cm³/mol.